The summed E-state index contributed by atoms with van der Waals surface area (Å²) in [4.78, 5) is 16.0. The summed E-state index contributed by atoms with van der Waals surface area (Å²) < 4.78 is 1.12. The van der Waals surface area contributed by atoms with E-state index in [2.05, 4.69) is 45.0 Å². The molecule has 3 nitrogen and oxygen atoms in total. The Morgan fingerprint density at radius 3 is 3.00 bits per heavy atom. The van der Waals surface area contributed by atoms with Crippen LogP contribution in [0.5, 0.6) is 0 Å². The Labute approximate surface area is 110 Å². The second kappa shape index (κ2) is 5.58. The molecule has 1 saturated heterocycles. The maximum absolute atomic E-state index is 10.1. The van der Waals surface area contributed by atoms with Crippen molar-refractivity contribution < 1.29 is 4.79 Å². The van der Waals surface area contributed by atoms with E-state index in [4.69, 9.17) is 0 Å². The number of rotatable bonds is 3. The predicted molar refractivity (Wildman–Crippen MR) is 70.8 cm³/mol. The number of hydrogen-bond donors (Lipinski definition) is 0. The third-order valence-corrected chi connectivity index (χ3v) is 3.91. The number of aliphatic imine (C=N–C) groups is 1. The molecule has 0 aliphatic carbocycles. The predicted octanol–water partition coefficient (Wildman–Crippen LogP) is 2.70. The first-order valence-corrected chi connectivity index (χ1v) is 6.50. The van der Waals surface area contributed by atoms with Gasteiger partial charge in [0, 0.05) is 11.0 Å². The number of halogens is 1. The van der Waals surface area contributed by atoms with Gasteiger partial charge in [-0.3, -0.25) is 0 Å². The Bertz CT molecular complexity index is 455. The lowest BCUT2D eigenvalue weighted by molar-refractivity contribution is 0.411. The average molecular weight is 295 g/mol. The van der Waals surface area contributed by atoms with Crippen LogP contribution < -0.4 is 0 Å². The molecule has 1 aromatic carbocycles. The van der Waals surface area contributed by atoms with Crippen LogP contribution in [0.25, 0.3) is 0 Å². The molecule has 2 rings (SSSR count). The molecule has 0 amide bonds. The van der Waals surface area contributed by atoms with Gasteiger partial charge >= 0.3 is 0 Å². The van der Waals surface area contributed by atoms with E-state index >= 15 is 0 Å². The lowest BCUT2D eigenvalue weighted by atomic mass is 9.97. The van der Waals surface area contributed by atoms with Crippen LogP contribution in [0, 0.1) is 0 Å². The summed E-state index contributed by atoms with van der Waals surface area (Å²) in [5.74, 6) is 0.609. The van der Waals surface area contributed by atoms with E-state index in [1.165, 1.54) is 12.0 Å². The van der Waals surface area contributed by atoms with Crippen molar-refractivity contribution in [2.75, 3.05) is 20.1 Å². The molecule has 0 aromatic heterocycles. The summed E-state index contributed by atoms with van der Waals surface area (Å²) in [5, 5.41) is 0. The highest BCUT2D eigenvalue weighted by molar-refractivity contribution is 9.10. The molecular weight excluding hydrogens is 280 g/mol. The Morgan fingerprint density at radius 2 is 2.41 bits per heavy atom. The van der Waals surface area contributed by atoms with Gasteiger partial charge in [0.05, 0.1) is 6.54 Å². The average Bonchev–Trinajstić information content (AvgIpc) is 2.73. The summed E-state index contributed by atoms with van der Waals surface area (Å²) >= 11 is 3.61. The van der Waals surface area contributed by atoms with E-state index in [9.17, 15) is 4.79 Å². The van der Waals surface area contributed by atoms with E-state index in [-0.39, 0.29) is 0 Å². The maximum atomic E-state index is 10.1. The summed E-state index contributed by atoms with van der Waals surface area (Å²) in [6.07, 6.45) is 2.77. The van der Waals surface area contributed by atoms with Crippen molar-refractivity contribution in [3.05, 3.63) is 33.8 Å². The lowest BCUT2D eigenvalue weighted by Crippen LogP contribution is -2.13. The quantitative estimate of drug-likeness (QED) is 0.634. The van der Waals surface area contributed by atoms with Crippen molar-refractivity contribution in [2.24, 2.45) is 4.99 Å². The first kappa shape index (κ1) is 12.5. The van der Waals surface area contributed by atoms with Crippen molar-refractivity contribution >= 4 is 22.0 Å². The highest BCUT2D eigenvalue weighted by Crippen LogP contribution is 2.32. The molecule has 1 heterocycles. The molecule has 1 fully saturated rings. The molecule has 17 heavy (non-hydrogen) atoms. The smallest absolute Gasteiger partial charge is 0.235 e. The fraction of sp³-hybridized carbons (Fsp3) is 0.462. The molecule has 0 saturated carbocycles. The second-order valence-corrected chi connectivity index (χ2v) is 5.37. The van der Waals surface area contributed by atoms with E-state index in [1.54, 1.807) is 6.08 Å². The van der Waals surface area contributed by atoms with Crippen LogP contribution in [-0.4, -0.2) is 31.1 Å². The van der Waals surface area contributed by atoms with Crippen molar-refractivity contribution in [3.63, 3.8) is 0 Å². The third kappa shape index (κ3) is 3.03. The number of nitrogens with zero attached hydrogens (tertiary/aromatic N) is 2. The number of benzene rings is 1. The third-order valence-electron chi connectivity index (χ3n) is 3.22. The van der Waals surface area contributed by atoms with Gasteiger partial charge in [0.2, 0.25) is 6.08 Å². The molecular formula is C13H15BrN2O. The molecule has 4 heteroatoms. The van der Waals surface area contributed by atoms with Gasteiger partial charge in [-0.25, -0.2) is 9.79 Å². The highest BCUT2D eigenvalue weighted by Gasteiger charge is 2.22. The van der Waals surface area contributed by atoms with Crippen LogP contribution in [0.1, 0.15) is 23.5 Å². The minimum absolute atomic E-state index is 0.410. The largest absolute Gasteiger partial charge is 0.306 e. The van der Waals surface area contributed by atoms with E-state index in [0.717, 1.165) is 23.1 Å². The van der Waals surface area contributed by atoms with E-state index in [1.807, 2.05) is 6.07 Å². The molecule has 1 aliphatic rings. The van der Waals surface area contributed by atoms with Crippen LogP contribution in [0.2, 0.25) is 0 Å². The fourth-order valence-corrected chi connectivity index (χ4v) is 3.06. The summed E-state index contributed by atoms with van der Waals surface area (Å²) in [6, 6.07) is 6.23. The molecule has 0 spiro atoms. The molecule has 0 bridgehead atoms. The molecule has 1 atom stereocenters. The van der Waals surface area contributed by atoms with Crippen molar-refractivity contribution in [1.29, 1.82) is 0 Å². The minimum Gasteiger partial charge on any atom is -0.306 e. The van der Waals surface area contributed by atoms with Crippen LogP contribution >= 0.6 is 15.9 Å². The number of likely N-dealkylation sites (tertiary alicyclic amines) is 1. The lowest BCUT2D eigenvalue weighted by Gasteiger charge is -2.13. The Balaban J connectivity index is 2.16. The maximum Gasteiger partial charge on any atom is 0.235 e. The topological polar surface area (TPSA) is 32.7 Å². The number of hydrogen-bond acceptors (Lipinski definition) is 3. The summed E-state index contributed by atoms with van der Waals surface area (Å²) in [6.45, 7) is 2.69. The Hall–Kier alpha value is -0.960. The van der Waals surface area contributed by atoms with Gasteiger partial charge in [0.1, 0.15) is 0 Å². The number of carbonyl (C=O) groups excluding carboxylic acids is 1. The van der Waals surface area contributed by atoms with Gasteiger partial charge in [-0.05, 0) is 43.1 Å². The zero-order valence-corrected chi connectivity index (χ0v) is 11.4. The van der Waals surface area contributed by atoms with Gasteiger partial charge in [0.25, 0.3) is 0 Å². The van der Waals surface area contributed by atoms with E-state index in [0.29, 0.717) is 12.5 Å². The van der Waals surface area contributed by atoms with Crippen molar-refractivity contribution in [1.82, 2.24) is 4.90 Å². The molecule has 1 unspecified atom stereocenters. The van der Waals surface area contributed by atoms with E-state index < -0.39 is 0 Å². The van der Waals surface area contributed by atoms with Gasteiger partial charge in [-0.2, -0.15) is 0 Å². The highest BCUT2D eigenvalue weighted by atomic mass is 79.9. The minimum atomic E-state index is 0.410. The fourth-order valence-electron chi connectivity index (χ4n) is 2.31. The Kier molecular flexibility index (Phi) is 4.11. The van der Waals surface area contributed by atoms with Gasteiger partial charge in [-0.1, -0.05) is 28.1 Å². The summed E-state index contributed by atoms with van der Waals surface area (Å²) in [7, 11) is 2.15. The van der Waals surface area contributed by atoms with Crippen LogP contribution in [-0.2, 0) is 11.3 Å². The van der Waals surface area contributed by atoms with Gasteiger partial charge in [0.15, 0.2) is 0 Å². The monoisotopic (exact) mass is 294 g/mol. The molecule has 0 radical (unpaired) electrons. The van der Waals surface area contributed by atoms with Crippen LogP contribution in [0.15, 0.2) is 27.7 Å². The second-order valence-electron chi connectivity index (χ2n) is 4.51. The zero-order chi connectivity index (χ0) is 12.3. The molecule has 1 aromatic rings. The zero-order valence-electron chi connectivity index (χ0n) is 9.82. The number of likely N-dealkylation sites (N-methyl/N-ethyl adjacent to an activating group) is 1. The van der Waals surface area contributed by atoms with Crippen LogP contribution in [0.4, 0.5) is 0 Å². The Morgan fingerprint density at radius 1 is 1.59 bits per heavy atom. The molecule has 1 aliphatic heterocycles. The van der Waals surface area contributed by atoms with Crippen molar-refractivity contribution in [2.45, 2.75) is 18.9 Å². The SMILES string of the molecule is CN1CCC(c2ccc(CN=C=O)cc2Br)C1. The van der Waals surface area contributed by atoms with Gasteiger partial charge in [-0.15, -0.1) is 0 Å². The van der Waals surface area contributed by atoms with Crippen LogP contribution in [0.3, 0.4) is 0 Å². The normalized spacial score (nSPS) is 20.2. The number of isocyanates is 1. The summed E-state index contributed by atoms with van der Waals surface area (Å²) in [5.41, 5.74) is 2.39. The van der Waals surface area contributed by atoms with Gasteiger partial charge < -0.3 is 4.90 Å². The standard InChI is InChI=1S/C13H15BrN2O/c1-16-5-4-11(8-16)12-3-2-10(6-13(12)14)7-15-9-17/h2-3,6,11H,4-5,7-8H2,1H3. The molecule has 0 N–H and O–H groups in total. The first-order chi connectivity index (χ1) is 8.20. The first-order valence-electron chi connectivity index (χ1n) is 5.71. The molecule has 90 valence electrons. The van der Waals surface area contributed by atoms with Crippen molar-refractivity contribution in [3.8, 4) is 0 Å².